The number of rotatable bonds is 5. The molecule has 12 heteroatoms. The molecular formula is C21H22F3N5O3S. The number of hydrogen-bond acceptors (Lipinski definition) is 5. The lowest BCUT2D eigenvalue weighted by Gasteiger charge is -2.33. The lowest BCUT2D eigenvalue weighted by molar-refractivity contribution is -0.137. The van der Waals surface area contributed by atoms with E-state index >= 15 is 0 Å². The van der Waals surface area contributed by atoms with Crippen molar-refractivity contribution in [1.82, 2.24) is 24.2 Å². The standard InChI is InChI=1S/C21H22F3N5O3S/c1-14-5-8-16(9-6-14)33(31,32)29-11-3-2-4-17(29)20(30)25-12-19-27-26-18-10-7-15(13-28(18)19)21(22,23)24/h5-10,13,17H,2-4,11-12H2,1H3,(H,25,30). The van der Waals surface area contributed by atoms with Crippen molar-refractivity contribution in [2.24, 2.45) is 0 Å². The fourth-order valence-electron chi connectivity index (χ4n) is 3.81. The minimum atomic E-state index is -4.54. The van der Waals surface area contributed by atoms with E-state index in [1.165, 1.54) is 22.5 Å². The molecular weight excluding hydrogens is 459 g/mol. The van der Waals surface area contributed by atoms with Gasteiger partial charge in [-0.05, 0) is 44.0 Å². The van der Waals surface area contributed by atoms with Crippen molar-refractivity contribution >= 4 is 21.6 Å². The zero-order chi connectivity index (χ0) is 23.8. The highest BCUT2D eigenvalue weighted by Gasteiger charge is 2.37. The Hall–Kier alpha value is -2.99. The van der Waals surface area contributed by atoms with Gasteiger partial charge in [-0.1, -0.05) is 24.1 Å². The molecule has 1 aromatic carbocycles. The molecule has 3 aromatic rings. The van der Waals surface area contributed by atoms with Gasteiger partial charge in [-0.15, -0.1) is 10.2 Å². The number of nitrogens with zero attached hydrogens (tertiary/aromatic N) is 4. The molecule has 2 aromatic heterocycles. The Bertz CT molecular complexity index is 1270. The SMILES string of the molecule is Cc1ccc(S(=O)(=O)N2CCCCC2C(=O)NCc2nnc3ccc(C(F)(F)F)cn23)cc1. The van der Waals surface area contributed by atoms with Crippen molar-refractivity contribution in [3.63, 3.8) is 0 Å². The Morgan fingerprint density at radius 3 is 2.55 bits per heavy atom. The number of benzene rings is 1. The molecule has 1 amide bonds. The van der Waals surface area contributed by atoms with Gasteiger partial charge in [0, 0.05) is 12.7 Å². The van der Waals surface area contributed by atoms with E-state index in [1.807, 2.05) is 6.92 Å². The molecule has 1 N–H and O–H groups in total. The number of aryl methyl sites for hydroxylation is 1. The molecule has 8 nitrogen and oxygen atoms in total. The van der Waals surface area contributed by atoms with Crippen LogP contribution in [0, 0.1) is 6.92 Å². The predicted molar refractivity (Wildman–Crippen MR) is 113 cm³/mol. The van der Waals surface area contributed by atoms with Gasteiger partial charge in [0.25, 0.3) is 0 Å². The highest BCUT2D eigenvalue weighted by Crippen LogP contribution is 2.29. The van der Waals surface area contributed by atoms with Gasteiger partial charge < -0.3 is 5.32 Å². The molecule has 1 fully saturated rings. The molecule has 1 aliphatic rings. The number of pyridine rings is 1. The number of carbonyl (C=O) groups is 1. The summed E-state index contributed by atoms with van der Waals surface area (Å²) in [4.78, 5) is 13.1. The lowest BCUT2D eigenvalue weighted by Crippen LogP contribution is -2.51. The van der Waals surface area contributed by atoms with Crippen LogP contribution in [0.25, 0.3) is 5.65 Å². The van der Waals surface area contributed by atoms with Gasteiger partial charge in [0.1, 0.15) is 6.04 Å². The molecule has 176 valence electrons. The Morgan fingerprint density at radius 1 is 1.12 bits per heavy atom. The molecule has 1 saturated heterocycles. The van der Waals surface area contributed by atoms with E-state index < -0.39 is 33.7 Å². The Morgan fingerprint density at radius 2 is 1.85 bits per heavy atom. The molecule has 0 bridgehead atoms. The van der Waals surface area contributed by atoms with Crippen LogP contribution < -0.4 is 5.32 Å². The molecule has 1 unspecified atom stereocenters. The van der Waals surface area contributed by atoms with Crippen LogP contribution in [0.2, 0.25) is 0 Å². The quantitative estimate of drug-likeness (QED) is 0.605. The smallest absolute Gasteiger partial charge is 0.347 e. The molecule has 0 saturated carbocycles. The number of sulfonamides is 1. The third-order valence-electron chi connectivity index (χ3n) is 5.60. The predicted octanol–water partition coefficient (Wildman–Crippen LogP) is 2.92. The fourth-order valence-corrected chi connectivity index (χ4v) is 5.47. The maximum atomic E-state index is 13.2. The summed E-state index contributed by atoms with van der Waals surface area (Å²) in [5.41, 5.74) is 0.245. The number of amides is 1. The monoisotopic (exact) mass is 481 g/mol. The molecule has 3 heterocycles. The van der Waals surface area contributed by atoms with Gasteiger partial charge in [-0.3, -0.25) is 9.20 Å². The minimum absolute atomic E-state index is 0.105. The zero-order valence-corrected chi connectivity index (χ0v) is 18.5. The van der Waals surface area contributed by atoms with E-state index in [0.29, 0.717) is 19.3 Å². The van der Waals surface area contributed by atoms with E-state index in [-0.39, 0.29) is 29.5 Å². The average molecular weight is 482 g/mol. The van der Waals surface area contributed by atoms with Gasteiger partial charge in [0.05, 0.1) is 17.0 Å². The van der Waals surface area contributed by atoms with Crippen LogP contribution >= 0.6 is 0 Å². The Kier molecular flexibility index (Phi) is 6.14. The van der Waals surface area contributed by atoms with Crippen LogP contribution in [0.3, 0.4) is 0 Å². The van der Waals surface area contributed by atoms with Crippen LogP contribution in [-0.4, -0.2) is 45.8 Å². The maximum absolute atomic E-state index is 13.2. The summed E-state index contributed by atoms with van der Waals surface area (Å²) in [5.74, 6) is -0.428. The number of nitrogens with one attached hydrogen (secondary N) is 1. The topological polar surface area (TPSA) is 96.7 Å². The van der Waals surface area contributed by atoms with Gasteiger partial charge in [0.2, 0.25) is 15.9 Å². The van der Waals surface area contributed by atoms with Gasteiger partial charge >= 0.3 is 6.18 Å². The van der Waals surface area contributed by atoms with Crippen LogP contribution in [-0.2, 0) is 27.5 Å². The van der Waals surface area contributed by atoms with Crippen LogP contribution in [0.5, 0.6) is 0 Å². The third-order valence-corrected chi connectivity index (χ3v) is 7.53. The van der Waals surface area contributed by atoms with Crippen LogP contribution in [0.15, 0.2) is 47.5 Å². The van der Waals surface area contributed by atoms with E-state index in [0.717, 1.165) is 22.2 Å². The number of fused-ring (bicyclic) bond motifs is 1. The number of hydrogen-bond donors (Lipinski definition) is 1. The first-order valence-electron chi connectivity index (χ1n) is 10.3. The van der Waals surface area contributed by atoms with Gasteiger partial charge in [0.15, 0.2) is 11.5 Å². The maximum Gasteiger partial charge on any atom is 0.417 e. The zero-order valence-electron chi connectivity index (χ0n) is 17.7. The second-order valence-electron chi connectivity index (χ2n) is 7.92. The minimum Gasteiger partial charge on any atom is -0.347 e. The summed E-state index contributed by atoms with van der Waals surface area (Å²) in [6, 6.07) is 7.58. The van der Waals surface area contributed by atoms with Crippen molar-refractivity contribution in [3.8, 4) is 0 Å². The van der Waals surface area contributed by atoms with Crippen molar-refractivity contribution in [3.05, 3.63) is 59.5 Å². The first kappa shape index (κ1) is 23.2. The largest absolute Gasteiger partial charge is 0.417 e. The van der Waals surface area contributed by atoms with E-state index in [1.54, 1.807) is 12.1 Å². The average Bonchev–Trinajstić information content (AvgIpc) is 3.19. The first-order chi connectivity index (χ1) is 15.6. The molecule has 1 aliphatic heterocycles. The number of carbonyl (C=O) groups excluding carboxylic acids is 1. The summed E-state index contributed by atoms with van der Waals surface area (Å²) >= 11 is 0. The highest BCUT2D eigenvalue weighted by molar-refractivity contribution is 7.89. The molecule has 33 heavy (non-hydrogen) atoms. The molecule has 0 radical (unpaired) electrons. The second kappa shape index (κ2) is 8.75. The normalized spacial score (nSPS) is 17.9. The van der Waals surface area contributed by atoms with E-state index in [9.17, 15) is 26.4 Å². The number of piperidine rings is 1. The number of alkyl halides is 3. The second-order valence-corrected chi connectivity index (χ2v) is 9.81. The summed E-state index contributed by atoms with van der Waals surface area (Å²) < 4.78 is 67.8. The van der Waals surface area contributed by atoms with Crippen molar-refractivity contribution in [2.75, 3.05) is 6.54 Å². The molecule has 1 atom stereocenters. The summed E-state index contributed by atoms with van der Waals surface area (Å²) in [7, 11) is -3.89. The van der Waals surface area contributed by atoms with Crippen molar-refractivity contribution in [1.29, 1.82) is 0 Å². The number of aromatic nitrogens is 3. The highest BCUT2D eigenvalue weighted by atomic mass is 32.2. The summed E-state index contributed by atoms with van der Waals surface area (Å²) in [5, 5.41) is 10.3. The summed E-state index contributed by atoms with van der Waals surface area (Å²) in [6.07, 6.45) is -2.02. The Labute approximate surface area is 188 Å². The molecule has 0 spiro atoms. The molecule has 4 rings (SSSR count). The van der Waals surface area contributed by atoms with E-state index in [2.05, 4.69) is 15.5 Å². The number of halogens is 3. The first-order valence-corrected chi connectivity index (χ1v) is 11.8. The van der Waals surface area contributed by atoms with Crippen molar-refractivity contribution < 1.29 is 26.4 Å². The van der Waals surface area contributed by atoms with Gasteiger partial charge in [-0.25, -0.2) is 8.42 Å². The summed E-state index contributed by atoms with van der Waals surface area (Å²) in [6.45, 7) is 1.85. The Balaban J connectivity index is 1.53. The van der Waals surface area contributed by atoms with Crippen molar-refractivity contribution in [2.45, 2.75) is 49.8 Å². The lowest BCUT2D eigenvalue weighted by atomic mass is 10.0. The van der Waals surface area contributed by atoms with Crippen LogP contribution in [0.1, 0.15) is 36.2 Å². The third kappa shape index (κ3) is 4.71. The fraction of sp³-hybridized carbons (Fsp3) is 0.381. The van der Waals surface area contributed by atoms with E-state index in [4.69, 9.17) is 0 Å². The van der Waals surface area contributed by atoms with Crippen LogP contribution in [0.4, 0.5) is 13.2 Å². The van der Waals surface area contributed by atoms with Gasteiger partial charge in [-0.2, -0.15) is 17.5 Å². The molecule has 0 aliphatic carbocycles.